The van der Waals surface area contributed by atoms with Crippen LogP contribution >= 0.6 is 0 Å². The van der Waals surface area contributed by atoms with Crippen LogP contribution in [0.1, 0.15) is 176 Å². The maximum Gasteiger partial charge on any atom is 0.333 e. The molecule has 0 aromatic heterocycles. The van der Waals surface area contributed by atoms with E-state index in [0.29, 0.717) is 29.4 Å². The molecule has 0 aliphatic heterocycles. The summed E-state index contributed by atoms with van der Waals surface area (Å²) in [6, 6.07) is 0. The van der Waals surface area contributed by atoms with Crippen LogP contribution in [0.25, 0.3) is 0 Å². The van der Waals surface area contributed by atoms with E-state index in [1.165, 1.54) is 89.9 Å². The van der Waals surface area contributed by atoms with Crippen LogP contribution in [0.3, 0.4) is 0 Å². The molecule has 9 atom stereocenters. The molecule has 0 radical (unpaired) electrons. The predicted molar refractivity (Wildman–Crippen MR) is 190 cm³/mol. The van der Waals surface area contributed by atoms with Gasteiger partial charge in [-0.1, -0.05) is 99.0 Å². The lowest BCUT2D eigenvalue weighted by atomic mass is 9.44. The van der Waals surface area contributed by atoms with Gasteiger partial charge in [-0.15, -0.1) is 0 Å². The average molecular weight is 641 g/mol. The summed E-state index contributed by atoms with van der Waals surface area (Å²) >= 11 is 0. The zero-order valence-corrected chi connectivity index (χ0v) is 31.0. The second-order valence-electron chi connectivity index (χ2n) is 17.6. The summed E-state index contributed by atoms with van der Waals surface area (Å²) in [5.41, 5.74) is 1.48. The number of hydrogen-bond acceptors (Lipinski definition) is 4. The minimum absolute atomic E-state index is 0.0412. The molecule has 46 heavy (non-hydrogen) atoms. The Balaban J connectivity index is 1.12. The highest BCUT2D eigenvalue weighted by Gasteiger charge is 2.60. The summed E-state index contributed by atoms with van der Waals surface area (Å²) < 4.78 is 11.3. The van der Waals surface area contributed by atoms with Gasteiger partial charge >= 0.3 is 11.9 Å². The van der Waals surface area contributed by atoms with Crippen molar-refractivity contribution in [3.05, 3.63) is 12.2 Å². The average Bonchev–Trinajstić information content (AvgIpc) is 3.37. The smallest absolute Gasteiger partial charge is 0.333 e. The van der Waals surface area contributed by atoms with Gasteiger partial charge < -0.3 is 9.47 Å². The Bertz CT molecular complexity index is 986. The van der Waals surface area contributed by atoms with E-state index in [-0.39, 0.29) is 18.0 Å². The van der Waals surface area contributed by atoms with Crippen LogP contribution in [0.15, 0.2) is 12.2 Å². The van der Waals surface area contributed by atoms with Gasteiger partial charge in [-0.25, -0.2) is 4.79 Å². The molecule has 264 valence electrons. The predicted octanol–water partition coefficient (Wildman–Crippen LogP) is 11.6. The highest BCUT2D eigenvalue weighted by molar-refractivity contribution is 5.86. The lowest BCUT2D eigenvalue weighted by Gasteiger charge is -2.61. The monoisotopic (exact) mass is 641 g/mol. The summed E-state index contributed by atoms with van der Waals surface area (Å²) in [4.78, 5) is 24.2. The summed E-state index contributed by atoms with van der Waals surface area (Å²) in [6.45, 7) is 18.5. The summed E-state index contributed by atoms with van der Waals surface area (Å²) in [7, 11) is 0. The van der Waals surface area contributed by atoms with E-state index >= 15 is 0 Å². The summed E-state index contributed by atoms with van der Waals surface area (Å²) in [5.74, 6) is 5.89. The third-order valence-corrected chi connectivity index (χ3v) is 14.0. The molecule has 4 nitrogen and oxygen atoms in total. The molecule has 1 unspecified atom stereocenters. The first-order valence-corrected chi connectivity index (χ1v) is 20.0. The third-order valence-electron chi connectivity index (χ3n) is 14.0. The second-order valence-corrected chi connectivity index (χ2v) is 17.6. The molecule has 0 N–H and O–H groups in total. The van der Waals surface area contributed by atoms with Crippen LogP contribution in [-0.2, 0) is 19.1 Å². The first kappa shape index (κ1) is 37.5. The standard InChI is InChI=1S/C42H72O4/c1-30(2)17-16-18-32(5)36-22-23-37-35-21-20-33-29-34(24-26-41(33,6)38(35)25-27-42(36,37)7)46-39(43)19-14-12-10-8-9-11-13-15-28-45-40(44)31(3)4/h30,32-38H,3,8-29H2,1-2,4-7H3/t32-,33?,34-,35+,36-,37+,38+,41+,42-/m1/s1. The van der Waals surface area contributed by atoms with E-state index < -0.39 is 0 Å². The molecule has 0 saturated heterocycles. The number of rotatable bonds is 18. The lowest BCUT2D eigenvalue weighted by Crippen LogP contribution is -2.54. The zero-order valence-electron chi connectivity index (χ0n) is 31.0. The first-order chi connectivity index (χ1) is 22.0. The first-order valence-electron chi connectivity index (χ1n) is 20.0. The molecule has 0 heterocycles. The van der Waals surface area contributed by atoms with E-state index in [4.69, 9.17) is 9.47 Å². The van der Waals surface area contributed by atoms with Crippen molar-refractivity contribution in [3.63, 3.8) is 0 Å². The SMILES string of the molecule is C=C(C)C(=O)OCCCCCCCCCCC(=O)O[C@@H]1CC[C@@]2(C)C(CC[C@H]3[C@@H]4CC[C@H]([C@H](C)CCCC(C)C)[C@@]4(C)CC[C@@H]32)C1. The zero-order chi connectivity index (χ0) is 33.3. The van der Waals surface area contributed by atoms with Crippen LogP contribution in [-0.4, -0.2) is 24.6 Å². The van der Waals surface area contributed by atoms with Gasteiger partial charge in [-0.05, 0) is 130 Å². The topological polar surface area (TPSA) is 52.6 Å². The van der Waals surface area contributed by atoms with Gasteiger partial charge in [0.1, 0.15) is 6.10 Å². The van der Waals surface area contributed by atoms with Crippen molar-refractivity contribution in [2.24, 2.45) is 52.3 Å². The Hall–Kier alpha value is -1.32. The Kier molecular flexibility index (Phi) is 14.2. The molecule has 4 heteroatoms. The molecule has 4 aliphatic carbocycles. The van der Waals surface area contributed by atoms with E-state index in [1.54, 1.807) is 6.92 Å². The van der Waals surface area contributed by atoms with E-state index in [2.05, 4.69) is 41.2 Å². The molecule has 0 aromatic carbocycles. The van der Waals surface area contributed by atoms with Gasteiger partial charge in [0.2, 0.25) is 0 Å². The van der Waals surface area contributed by atoms with Crippen molar-refractivity contribution in [2.75, 3.05) is 6.61 Å². The fourth-order valence-corrected chi connectivity index (χ4v) is 11.3. The number of esters is 2. The number of carbonyl (C=O) groups is 2. The Morgan fingerprint density at radius 3 is 2.11 bits per heavy atom. The van der Waals surface area contributed by atoms with E-state index in [9.17, 15) is 9.59 Å². The quantitative estimate of drug-likeness (QED) is 0.0849. The van der Waals surface area contributed by atoms with Crippen LogP contribution in [0.2, 0.25) is 0 Å². The minimum atomic E-state index is -0.283. The van der Waals surface area contributed by atoms with Crippen molar-refractivity contribution in [1.29, 1.82) is 0 Å². The minimum Gasteiger partial charge on any atom is -0.462 e. The van der Waals surface area contributed by atoms with Crippen molar-refractivity contribution in [2.45, 2.75) is 182 Å². The largest absolute Gasteiger partial charge is 0.462 e. The van der Waals surface area contributed by atoms with Crippen molar-refractivity contribution >= 4 is 11.9 Å². The van der Waals surface area contributed by atoms with Crippen LogP contribution in [0.4, 0.5) is 0 Å². The van der Waals surface area contributed by atoms with Gasteiger partial charge in [-0.3, -0.25) is 4.79 Å². The fraction of sp³-hybridized carbons (Fsp3) is 0.905. The molecule has 4 saturated carbocycles. The van der Waals surface area contributed by atoms with Gasteiger partial charge in [0.25, 0.3) is 0 Å². The number of hydrogen-bond donors (Lipinski definition) is 0. The van der Waals surface area contributed by atoms with E-state index in [0.717, 1.165) is 80.0 Å². The molecule has 0 aromatic rings. The van der Waals surface area contributed by atoms with Crippen molar-refractivity contribution in [3.8, 4) is 0 Å². The molecular formula is C42H72O4. The molecule has 0 bridgehead atoms. The number of carbonyl (C=O) groups excluding carboxylic acids is 2. The van der Waals surface area contributed by atoms with Crippen LogP contribution in [0.5, 0.6) is 0 Å². The molecular weight excluding hydrogens is 568 g/mol. The van der Waals surface area contributed by atoms with Gasteiger partial charge in [0.05, 0.1) is 6.61 Å². The molecule has 4 rings (SSSR count). The third kappa shape index (κ3) is 9.43. The maximum atomic E-state index is 12.8. The molecule has 4 fully saturated rings. The highest BCUT2D eigenvalue weighted by Crippen LogP contribution is 2.68. The Morgan fingerprint density at radius 2 is 1.41 bits per heavy atom. The number of unbranched alkanes of at least 4 members (excludes halogenated alkanes) is 7. The summed E-state index contributed by atoms with van der Waals surface area (Å²) in [5, 5.41) is 0. The number of fused-ring (bicyclic) bond motifs is 5. The Morgan fingerprint density at radius 1 is 0.761 bits per heavy atom. The highest BCUT2D eigenvalue weighted by atomic mass is 16.5. The van der Waals surface area contributed by atoms with Crippen LogP contribution < -0.4 is 0 Å². The molecule has 0 amide bonds. The molecule has 4 aliphatic rings. The lowest BCUT2D eigenvalue weighted by molar-refractivity contribution is -0.163. The van der Waals surface area contributed by atoms with Crippen molar-refractivity contribution in [1.82, 2.24) is 0 Å². The van der Waals surface area contributed by atoms with Crippen molar-refractivity contribution < 1.29 is 19.1 Å². The molecule has 0 spiro atoms. The van der Waals surface area contributed by atoms with Crippen LogP contribution in [0, 0.1) is 52.3 Å². The van der Waals surface area contributed by atoms with Gasteiger partial charge in [-0.2, -0.15) is 0 Å². The second kappa shape index (κ2) is 17.4. The van der Waals surface area contributed by atoms with E-state index in [1.807, 2.05) is 0 Å². The normalized spacial score (nSPS) is 34.3. The number of ether oxygens (including phenoxy) is 2. The maximum absolute atomic E-state index is 12.8. The van der Waals surface area contributed by atoms with Gasteiger partial charge in [0.15, 0.2) is 0 Å². The van der Waals surface area contributed by atoms with Gasteiger partial charge in [0, 0.05) is 12.0 Å². The Labute approximate surface area is 284 Å². The fourth-order valence-electron chi connectivity index (χ4n) is 11.3. The summed E-state index contributed by atoms with van der Waals surface area (Å²) in [6.07, 6.45) is 25.9.